The molecule has 0 amide bonds. The minimum absolute atomic E-state index is 0.0237. The third kappa shape index (κ3) is 4.39. The van der Waals surface area contributed by atoms with Gasteiger partial charge in [0.2, 0.25) is 0 Å². The molecule has 166 valence electrons. The molecule has 5 rings (SSSR count). The summed E-state index contributed by atoms with van der Waals surface area (Å²) in [6.45, 7) is 5.59. The summed E-state index contributed by atoms with van der Waals surface area (Å²) in [4.78, 5) is 14.0. The molecule has 2 saturated heterocycles. The predicted molar refractivity (Wildman–Crippen MR) is 128 cm³/mol. The van der Waals surface area contributed by atoms with Crippen molar-refractivity contribution in [3.05, 3.63) is 78.5 Å². The van der Waals surface area contributed by atoms with Gasteiger partial charge in [-0.15, -0.1) is 0 Å². The first-order valence-corrected chi connectivity index (χ1v) is 11.6. The Labute approximate surface area is 194 Å². The van der Waals surface area contributed by atoms with Gasteiger partial charge in [-0.3, -0.25) is 9.88 Å². The van der Waals surface area contributed by atoms with Gasteiger partial charge in [0.05, 0.1) is 31.0 Å². The van der Waals surface area contributed by atoms with E-state index in [0.717, 1.165) is 68.1 Å². The number of morpholine rings is 1. The lowest BCUT2D eigenvalue weighted by atomic mass is 10.0. The van der Waals surface area contributed by atoms with Crippen molar-refractivity contribution in [1.29, 1.82) is 0 Å². The average Bonchev–Trinajstić information content (AvgIpc) is 3.45. The first kappa shape index (κ1) is 21.1. The molecule has 1 N–H and O–H groups in total. The van der Waals surface area contributed by atoms with E-state index in [-0.39, 0.29) is 12.1 Å². The van der Waals surface area contributed by atoms with Crippen molar-refractivity contribution in [2.75, 3.05) is 39.4 Å². The zero-order valence-corrected chi connectivity index (χ0v) is 18.8. The molecule has 0 aromatic carbocycles. The highest BCUT2D eigenvalue weighted by molar-refractivity contribution is 7.80. The summed E-state index contributed by atoms with van der Waals surface area (Å²) < 4.78 is 7.64. The Kier molecular flexibility index (Phi) is 6.43. The SMILES string of the molecule is S=C1NC(c2ccccn2)C(c2cccn2-c2ccccn2)N1CCCN1CCOCC1. The Morgan fingerprint density at radius 3 is 2.53 bits per heavy atom. The van der Waals surface area contributed by atoms with Crippen molar-refractivity contribution in [3.8, 4) is 5.82 Å². The third-order valence-corrected chi connectivity index (χ3v) is 6.51. The minimum atomic E-state index is -0.0237. The summed E-state index contributed by atoms with van der Waals surface area (Å²) in [5.74, 6) is 0.901. The van der Waals surface area contributed by atoms with Crippen LogP contribution in [0.15, 0.2) is 67.1 Å². The summed E-state index contributed by atoms with van der Waals surface area (Å²) >= 11 is 5.83. The van der Waals surface area contributed by atoms with Crippen molar-refractivity contribution >= 4 is 17.3 Å². The first-order valence-electron chi connectivity index (χ1n) is 11.2. The zero-order valence-electron chi connectivity index (χ0n) is 18.0. The van der Waals surface area contributed by atoms with Gasteiger partial charge in [0.1, 0.15) is 5.82 Å². The fourth-order valence-corrected chi connectivity index (χ4v) is 4.93. The molecule has 2 atom stereocenters. The van der Waals surface area contributed by atoms with Crippen LogP contribution in [0.2, 0.25) is 0 Å². The number of nitrogens with one attached hydrogen (secondary N) is 1. The lowest BCUT2D eigenvalue weighted by molar-refractivity contribution is 0.0365. The molecule has 0 bridgehead atoms. The van der Waals surface area contributed by atoms with Gasteiger partial charge < -0.3 is 19.5 Å². The molecule has 32 heavy (non-hydrogen) atoms. The number of pyridine rings is 2. The second kappa shape index (κ2) is 9.77. The van der Waals surface area contributed by atoms with E-state index in [2.05, 4.69) is 54.0 Å². The molecule has 0 radical (unpaired) electrons. The van der Waals surface area contributed by atoms with Crippen LogP contribution in [0.25, 0.3) is 5.82 Å². The average molecular weight is 449 g/mol. The second-order valence-electron chi connectivity index (χ2n) is 8.12. The number of ether oxygens (including phenoxy) is 1. The number of hydrogen-bond donors (Lipinski definition) is 1. The van der Waals surface area contributed by atoms with Crippen LogP contribution in [0.4, 0.5) is 0 Å². The summed E-state index contributed by atoms with van der Waals surface area (Å²) in [6, 6.07) is 16.3. The van der Waals surface area contributed by atoms with Gasteiger partial charge in [0.15, 0.2) is 5.11 Å². The predicted octanol–water partition coefficient (Wildman–Crippen LogP) is 2.96. The standard InChI is InChI=1S/C24H28N6OS/c32-24-27-22(19-7-1-3-10-25-19)23(30(24)14-6-12-28-15-17-31-18-16-28)20-8-5-13-29(20)21-9-2-4-11-26-21/h1-5,7-11,13,22-23H,6,12,14-18H2,(H,27,32). The molecule has 7 nitrogen and oxygen atoms in total. The van der Waals surface area contributed by atoms with E-state index in [9.17, 15) is 0 Å². The van der Waals surface area contributed by atoms with Gasteiger partial charge >= 0.3 is 0 Å². The normalized spacial score (nSPS) is 21.6. The van der Waals surface area contributed by atoms with Crippen molar-refractivity contribution in [2.45, 2.75) is 18.5 Å². The van der Waals surface area contributed by atoms with Crippen LogP contribution in [0.5, 0.6) is 0 Å². The van der Waals surface area contributed by atoms with E-state index in [1.165, 1.54) is 0 Å². The number of thiocarbonyl (C=S) groups is 1. The Hall–Kier alpha value is -2.81. The molecule has 3 aromatic heterocycles. The maximum atomic E-state index is 5.83. The minimum Gasteiger partial charge on any atom is -0.379 e. The van der Waals surface area contributed by atoms with Crippen LogP contribution < -0.4 is 5.32 Å². The van der Waals surface area contributed by atoms with E-state index in [1.807, 2.05) is 42.7 Å². The van der Waals surface area contributed by atoms with Crippen LogP contribution in [-0.4, -0.2) is 68.8 Å². The highest BCUT2D eigenvalue weighted by atomic mass is 32.1. The van der Waals surface area contributed by atoms with Gasteiger partial charge in [0.25, 0.3) is 0 Å². The van der Waals surface area contributed by atoms with Crippen LogP contribution in [0, 0.1) is 0 Å². The van der Waals surface area contributed by atoms with Crippen LogP contribution in [-0.2, 0) is 4.74 Å². The van der Waals surface area contributed by atoms with Gasteiger partial charge in [-0.25, -0.2) is 4.98 Å². The number of aromatic nitrogens is 3. The monoisotopic (exact) mass is 448 g/mol. The summed E-state index contributed by atoms with van der Waals surface area (Å²) in [6.07, 6.45) is 6.78. The smallest absolute Gasteiger partial charge is 0.170 e. The number of hydrogen-bond acceptors (Lipinski definition) is 5. The summed E-state index contributed by atoms with van der Waals surface area (Å²) in [5.41, 5.74) is 2.14. The molecule has 2 fully saturated rings. The lowest BCUT2D eigenvalue weighted by Crippen LogP contribution is -2.39. The number of rotatable bonds is 7. The third-order valence-electron chi connectivity index (χ3n) is 6.15. The van der Waals surface area contributed by atoms with Crippen molar-refractivity contribution in [3.63, 3.8) is 0 Å². The van der Waals surface area contributed by atoms with Gasteiger partial charge in [0, 0.05) is 50.5 Å². The quantitative estimate of drug-likeness (QED) is 0.558. The highest BCUT2D eigenvalue weighted by Gasteiger charge is 2.41. The van der Waals surface area contributed by atoms with Gasteiger partial charge in [-0.05, 0) is 55.0 Å². The fourth-order valence-electron chi connectivity index (χ4n) is 4.60. The first-order chi connectivity index (χ1) is 15.8. The molecule has 0 spiro atoms. The van der Waals surface area contributed by atoms with Crippen molar-refractivity contribution in [2.24, 2.45) is 0 Å². The van der Waals surface area contributed by atoms with E-state index >= 15 is 0 Å². The van der Waals surface area contributed by atoms with E-state index in [1.54, 1.807) is 0 Å². The largest absolute Gasteiger partial charge is 0.379 e. The molecule has 2 unspecified atom stereocenters. The van der Waals surface area contributed by atoms with Gasteiger partial charge in [-0.2, -0.15) is 0 Å². The second-order valence-corrected chi connectivity index (χ2v) is 8.51. The van der Waals surface area contributed by atoms with Gasteiger partial charge in [-0.1, -0.05) is 12.1 Å². The highest BCUT2D eigenvalue weighted by Crippen LogP contribution is 2.39. The number of nitrogens with zero attached hydrogens (tertiary/aromatic N) is 5. The molecule has 5 heterocycles. The van der Waals surface area contributed by atoms with Crippen molar-refractivity contribution in [1.82, 2.24) is 29.7 Å². The van der Waals surface area contributed by atoms with E-state index in [4.69, 9.17) is 17.0 Å². The van der Waals surface area contributed by atoms with Crippen LogP contribution in [0.3, 0.4) is 0 Å². The molecule has 0 saturated carbocycles. The topological polar surface area (TPSA) is 58.5 Å². The molecular weight excluding hydrogens is 420 g/mol. The maximum Gasteiger partial charge on any atom is 0.170 e. The fraction of sp³-hybridized carbons (Fsp3) is 0.375. The molecule has 0 aliphatic carbocycles. The Balaban J connectivity index is 1.43. The molecule has 2 aliphatic rings. The summed E-state index contributed by atoms with van der Waals surface area (Å²) in [5, 5.41) is 4.33. The Bertz CT molecular complexity index is 1020. The van der Waals surface area contributed by atoms with Crippen LogP contribution in [0.1, 0.15) is 29.9 Å². The Morgan fingerprint density at radius 2 is 1.78 bits per heavy atom. The maximum absolute atomic E-state index is 5.83. The molecule has 8 heteroatoms. The lowest BCUT2D eigenvalue weighted by Gasteiger charge is -2.30. The zero-order chi connectivity index (χ0) is 21.8. The molecule has 2 aliphatic heterocycles. The Morgan fingerprint density at radius 1 is 0.969 bits per heavy atom. The molecular formula is C24H28N6OS. The van der Waals surface area contributed by atoms with E-state index < -0.39 is 0 Å². The summed E-state index contributed by atoms with van der Waals surface area (Å²) in [7, 11) is 0. The molecule has 3 aromatic rings. The van der Waals surface area contributed by atoms with E-state index in [0.29, 0.717) is 0 Å². The van der Waals surface area contributed by atoms with Crippen LogP contribution >= 0.6 is 12.2 Å². The van der Waals surface area contributed by atoms with Crippen molar-refractivity contribution < 1.29 is 4.74 Å².